The van der Waals surface area contributed by atoms with Gasteiger partial charge in [-0.3, -0.25) is 28.8 Å². The van der Waals surface area contributed by atoms with Gasteiger partial charge in [-0.15, -0.1) is 0 Å². The first-order valence-corrected chi connectivity index (χ1v) is 31.6. The normalized spacial score (nSPS) is 48.3. The Kier molecular flexibility index (Phi) is 16.6. The van der Waals surface area contributed by atoms with Crippen LogP contribution in [0.4, 0.5) is 0 Å². The number of nitrogens with one attached hydrogen (secondary N) is 1. The molecule has 1 amide bonds. The molecule has 1 unspecified atom stereocenters. The maximum Gasteiger partial charge on any atom is 0.308 e. The second-order valence-corrected chi connectivity index (χ2v) is 28.0. The molecule has 24 heteroatoms. The van der Waals surface area contributed by atoms with Gasteiger partial charge in [0.1, 0.15) is 6.61 Å². The van der Waals surface area contributed by atoms with E-state index in [0.717, 1.165) is 57.8 Å². The molecule has 3 aliphatic carbocycles. The van der Waals surface area contributed by atoms with Gasteiger partial charge in [-0.25, -0.2) is 29.3 Å². The van der Waals surface area contributed by atoms with Crippen LogP contribution in [0.5, 0.6) is 0 Å². The van der Waals surface area contributed by atoms with Crippen LogP contribution in [0.3, 0.4) is 0 Å². The Morgan fingerprint density at radius 1 is 0.459 bits per heavy atom. The summed E-state index contributed by atoms with van der Waals surface area (Å²) in [4.78, 5) is 117. The monoisotopic (exact) mass is 1200 g/mol. The van der Waals surface area contributed by atoms with E-state index in [9.17, 15) is 28.8 Å². The Hall–Kier alpha value is -3.66. The summed E-state index contributed by atoms with van der Waals surface area (Å²) in [5.41, 5.74) is -3.16. The molecule has 0 aromatic rings. The van der Waals surface area contributed by atoms with E-state index < -0.39 is 139 Å². The molecule has 25 atom stereocenters. The molecular weight excluding hydrogens is 1110 g/mol. The summed E-state index contributed by atoms with van der Waals surface area (Å²) in [6, 6.07) is 0. The van der Waals surface area contributed by atoms with Crippen LogP contribution in [0.15, 0.2) is 0 Å². The zero-order valence-corrected chi connectivity index (χ0v) is 50.9. The van der Waals surface area contributed by atoms with Crippen LogP contribution in [0.25, 0.3) is 0 Å². The fraction of sp³-hybridized carbons (Fsp3) is 0.902. The smallest absolute Gasteiger partial charge is 0.308 e. The summed E-state index contributed by atoms with van der Waals surface area (Å²) in [5, 5.41) is 2.67. The van der Waals surface area contributed by atoms with Gasteiger partial charge in [-0.1, -0.05) is 48.5 Å². The molecular formula is C61H89NO23. The summed E-state index contributed by atoms with van der Waals surface area (Å²) < 4.78 is 67.5. The molecule has 15 rings (SSSR count). The van der Waals surface area contributed by atoms with Crippen LogP contribution in [0, 0.1) is 70.5 Å². The zero-order valence-electron chi connectivity index (χ0n) is 50.9. The van der Waals surface area contributed by atoms with Crippen molar-refractivity contribution in [2.45, 2.75) is 263 Å². The molecule has 12 aliphatic heterocycles. The molecule has 0 aromatic heterocycles. The van der Waals surface area contributed by atoms with Gasteiger partial charge in [0, 0.05) is 60.7 Å². The highest BCUT2D eigenvalue weighted by Crippen LogP contribution is 2.67. The predicted molar refractivity (Wildman–Crippen MR) is 285 cm³/mol. The summed E-state index contributed by atoms with van der Waals surface area (Å²) in [6.45, 7) is 19.1. The molecule has 3 spiro atoms. The fourth-order valence-corrected chi connectivity index (χ4v) is 17.5. The lowest BCUT2D eigenvalue weighted by Gasteiger charge is -2.65. The molecule has 0 radical (unpaired) electrons. The highest BCUT2D eigenvalue weighted by atomic mass is 17.3. The van der Waals surface area contributed by atoms with Crippen LogP contribution in [0.2, 0.25) is 0 Å². The maximum absolute atomic E-state index is 13.5. The first kappa shape index (κ1) is 61.6. The quantitative estimate of drug-likeness (QED) is 0.0836. The van der Waals surface area contributed by atoms with Crippen molar-refractivity contribution in [3.8, 4) is 0 Å². The number of hydrogen-bond donors (Lipinski definition) is 1. The Labute approximate surface area is 496 Å². The van der Waals surface area contributed by atoms with Gasteiger partial charge >= 0.3 is 29.8 Å². The van der Waals surface area contributed by atoms with Gasteiger partial charge in [-0.05, 0) is 114 Å². The van der Waals surface area contributed by atoms with Crippen LogP contribution in [-0.2, 0) is 110 Å². The van der Waals surface area contributed by atoms with Crippen LogP contribution >= 0.6 is 0 Å². The SMILES string of the molecule is C[C@H]1[C@H](OC(=O)CCC(=O)OCC(CNC(=O)CCC(=O)O[C@@H]2O[C@@H]3O[C@]4(C)CC[C@H]5[C@H](C)CC[C@@](C)([C@H]2C)[C@@]35OO4)OC(=O)CCC(=O)O[C@@H]2O[C@@H]3O[C@]4(C)CC[C@H]5[C@H](C)CC[C@@H]([C@H]2C)[C@@]35OO4)O[C@@H]2O[C@]3(C)CC[C@H]4[C@H](C)CC[C@@H]1[C@@]24OO3. The summed E-state index contributed by atoms with van der Waals surface area (Å²) in [5.74, 6) is -7.21. The molecule has 12 heterocycles. The molecule has 15 fully saturated rings. The van der Waals surface area contributed by atoms with Crippen molar-refractivity contribution in [1.82, 2.24) is 5.32 Å². The predicted octanol–water partition coefficient (Wildman–Crippen LogP) is 7.54. The molecule has 6 bridgehead atoms. The summed E-state index contributed by atoms with van der Waals surface area (Å²) >= 11 is 0. The minimum Gasteiger partial charge on any atom is -0.462 e. The average molecular weight is 1200 g/mol. The third kappa shape index (κ3) is 10.7. The molecule has 24 nitrogen and oxygen atoms in total. The van der Waals surface area contributed by atoms with Crippen molar-refractivity contribution in [3.05, 3.63) is 0 Å². The third-order valence-electron chi connectivity index (χ3n) is 22.7. The Bertz CT molecular complexity index is 2570. The van der Waals surface area contributed by atoms with Crippen molar-refractivity contribution in [2.24, 2.45) is 70.5 Å². The minimum absolute atomic E-state index is 0.0895. The average Bonchev–Trinajstić information content (AvgIpc) is 1.77. The van der Waals surface area contributed by atoms with E-state index in [2.05, 4.69) is 33.0 Å². The van der Waals surface area contributed by atoms with E-state index in [1.807, 2.05) is 34.6 Å². The van der Waals surface area contributed by atoms with Crippen molar-refractivity contribution in [1.29, 1.82) is 0 Å². The van der Waals surface area contributed by atoms with Gasteiger partial charge in [-0.2, -0.15) is 0 Å². The number of rotatable bonds is 17. The van der Waals surface area contributed by atoms with Crippen molar-refractivity contribution >= 4 is 35.8 Å². The molecule has 0 aromatic carbocycles. The lowest BCUT2D eigenvalue weighted by atomic mass is 9.50. The first-order chi connectivity index (χ1) is 40.3. The number of hydrogen-bond acceptors (Lipinski definition) is 23. The lowest BCUT2D eigenvalue weighted by Crippen LogP contribution is -2.74. The molecule has 3 saturated carbocycles. The highest BCUT2D eigenvalue weighted by molar-refractivity contribution is 5.81. The van der Waals surface area contributed by atoms with Crippen LogP contribution in [0.1, 0.15) is 185 Å². The number of ether oxygens (including phenoxy) is 11. The standard InChI is InChI=1S/C61H89NO23/c1-31-11-13-41-34(4)49(74-52-59(41)38(31)22-26-56(8,77-52)80-83-59)71-47(67)18-17-44(64)69-30-37(70-45(65)19-20-48(68)72-50-35(5)42-14-12-32(2)39-23-27-57(9)78-53(75-50)60(39,42)84-81-57)29-62-43(63)15-16-46(66)73-51-36(6)55(7)25-21-33(3)40-24-28-58(10)79-54(76-51)61(40,55)85-82-58/h31-42,49-54H,11-30H2,1-10H3,(H,62,63)/t31-,32-,33-,34-,35-,36+,37?,38+,39+,40+,41+,42+,49-,50-,51-,52-,53-,54-,55+,56+,57+,58+,59-,60-,61+/m1/s1. The van der Waals surface area contributed by atoms with Gasteiger partial charge in [0.15, 0.2) is 41.8 Å². The van der Waals surface area contributed by atoms with Crippen LogP contribution in [-0.4, -0.2) is 127 Å². The lowest BCUT2D eigenvalue weighted by molar-refractivity contribution is -0.586. The van der Waals surface area contributed by atoms with E-state index in [1.165, 1.54) is 0 Å². The number of amides is 1. The number of carbonyl (C=O) groups excluding carboxylic acids is 6. The second-order valence-electron chi connectivity index (χ2n) is 28.0. The fourth-order valence-electron chi connectivity index (χ4n) is 17.5. The van der Waals surface area contributed by atoms with Gasteiger partial charge in [0.25, 0.3) is 0 Å². The van der Waals surface area contributed by atoms with Crippen molar-refractivity contribution in [2.75, 3.05) is 13.2 Å². The largest absolute Gasteiger partial charge is 0.462 e. The van der Waals surface area contributed by atoms with Gasteiger partial charge in [0.2, 0.25) is 42.1 Å². The zero-order chi connectivity index (χ0) is 60.2. The minimum atomic E-state index is -1.26. The van der Waals surface area contributed by atoms with Crippen molar-refractivity contribution in [3.63, 3.8) is 0 Å². The molecule has 85 heavy (non-hydrogen) atoms. The number of carbonyl (C=O) groups is 6. The van der Waals surface area contributed by atoms with E-state index in [1.54, 1.807) is 6.92 Å². The van der Waals surface area contributed by atoms with E-state index >= 15 is 0 Å². The molecule has 15 aliphatic rings. The second kappa shape index (κ2) is 23.0. The third-order valence-corrected chi connectivity index (χ3v) is 22.7. The Morgan fingerprint density at radius 3 is 1.46 bits per heavy atom. The van der Waals surface area contributed by atoms with E-state index in [-0.39, 0.29) is 79.6 Å². The Balaban J connectivity index is 0.648. The Morgan fingerprint density at radius 2 is 0.906 bits per heavy atom. The van der Waals surface area contributed by atoms with Gasteiger partial charge < -0.3 is 57.4 Å². The summed E-state index contributed by atoms with van der Waals surface area (Å²) in [6.07, 6.45) is 0.580. The van der Waals surface area contributed by atoms with E-state index in [0.29, 0.717) is 37.0 Å². The summed E-state index contributed by atoms with van der Waals surface area (Å²) in [7, 11) is 0. The van der Waals surface area contributed by atoms with Crippen LogP contribution < -0.4 is 5.32 Å². The first-order valence-electron chi connectivity index (χ1n) is 31.6. The van der Waals surface area contributed by atoms with Crippen molar-refractivity contribution < 1.29 is 110 Å². The topological polar surface area (TPSA) is 271 Å². The van der Waals surface area contributed by atoms with Gasteiger partial charge in [0.05, 0.1) is 38.6 Å². The maximum atomic E-state index is 13.5. The highest BCUT2D eigenvalue weighted by Gasteiger charge is 2.76. The molecule has 12 saturated heterocycles. The molecule has 476 valence electrons. The number of fused-ring (bicyclic) bond motifs is 6. The molecule has 1 N–H and O–H groups in total. The number of esters is 5. The van der Waals surface area contributed by atoms with E-state index in [4.69, 9.17) is 81.4 Å².